The van der Waals surface area contributed by atoms with E-state index in [4.69, 9.17) is 15.2 Å². The number of hydrogen-bond acceptors (Lipinski definition) is 6. The summed E-state index contributed by atoms with van der Waals surface area (Å²) in [6.07, 6.45) is 5.22. The van der Waals surface area contributed by atoms with Crippen LogP contribution in [-0.4, -0.2) is 53.1 Å². The second kappa shape index (κ2) is 7.65. The van der Waals surface area contributed by atoms with E-state index < -0.39 is 0 Å². The molecule has 7 heteroatoms. The number of piperidine rings is 1. The molecule has 1 aliphatic rings. The molecule has 2 N–H and O–H groups in total. The summed E-state index contributed by atoms with van der Waals surface area (Å²) >= 11 is 0. The van der Waals surface area contributed by atoms with E-state index in [9.17, 15) is 4.79 Å². The molecule has 7 nitrogen and oxygen atoms in total. The van der Waals surface area contributed by atoms with Crippen LogP contribution >= 0.6 is 0 Å². The molecule has 0 bridgehead atoms. The molecule has 1 aliphatic heterocycles. The summed E-state index contributed by atoms with van der Waals surface area (Å²) in [6, 6.07) is 5.27. The van der Waals surface area contributed by atoms with Gasteiger partial charge in [0.25, 0.3) is 0 Å². The molecule has 0 aliphatic carbocycles. The van der Waals surface area contributed by atoms with Gasteiger partial charge in [0.05, 0.1) is 30.4 Å². The number of methoxy groups -OCH3 is 1. The number of nitrogens with two attached hydrogens (primary N) is 1. The van der Waals surface area contributed by atoms with Gasteiger partial charge in [0.15, 0.2) is 0 Å². The van der Waals surface area contributed by atoms with E-state index in [1.54, 1.807) is 13.3 Å². The zero-order valence-corrected chi connectivity index (χ0v) is 14.5. The van der Waals surface area contributed by atoms with Crippen molar-refractivity contribution in [3.63, 3.8) is 0 Å². The van der Waals surface area contributed by atoms with Gasteiger partial charge in [-0.1, -0.05) is 0 Å². The van der Waals surface area contributed by atoms with Crippen molar-refractivity contribution >= 4 is 16.9 Å². The molecule has 0 spiro atoms. The fourth-order valence-electron chi connectivity index (χ4n) is 3.08. The number of carbonyl (C=O) groups is 1. The van der Waals surface area contributed by atoms with Crippen LogP contribution in [0, 0.1) is 6.42 Å². The van der Waals surface area contributed by atoms with Crippen LogP contribution in [-0.2, 0) is 4.79 Å². The normalized spacial score (nSPS) is 19.5. The minimum Gasteiger partial charge on any atom is -0.497 e. The van der Waals surface area contributed by atoms with Gasteiger partial charge in [-0.15, -0.1) is 0 Å². The van der Waals surface area contributed by atoms with Crippen molar-refractivity contribution in [1.82, 2.24) is 14.9 Å². The number of rotatable bonds is 6. The number of benzene rings is 1. The van der Waals surface area contributed by atoms with Gasteiger partial charge in [0, 0.05) is 12.6 Å². The van der Waals surface area contributed by atoms with Gasteiger partial charge in [0.2, 0.25) is 11.8 Å². The summed E-state index contributed by atoms with van der Waals surface area (Å²) in [4.78, 5) is 22.5. The second-order valence-corrected chi connectivity index (χ2v) is 6.22. The molecule has 25 heavy (non-hydrogen) atoms. The lowest BCUT2D eigenvalue weighted by molar-refractivity contribution is -0.124. The summed E-state index contributed by atoms with van der Waals surface area (Å²) < 4.78 is 11.1. The summed E-state index contributed by atoms with van der Waals surface area (Å²) in [5, 5.41) is 0. The van der Waals surface area contributed by atoms with E-state index >= 15 is 0 Å². The molecular formula is C18H23N4O3. The maximum absolute atomic E-state index is 11.6. The number of hydrogen-bond donors (Lipinski definition) is 1. The van der Waals surface area contributed by atoms with Gasteiger partial charge in [-0.05, 0) is 44.9 Å². The Morgan fingerprint density at radius 1 is 1.44 bits per heavy atom. The summed E-state index contributed by atoms with van der Waals surface area (Å²) in [5.74, 6) is 0.883. The van der Waals surface area contributed by atoms with E-state index in [0.717, 1.165) is 24.2 Å². The lowest BCUT2D eigenvalue weighted by Crippen LogP contribution is -2.50. The van der Waals surface area contributed by atoms with Crippen molar-refractivity contribution in [2.45, 2.75) is 31.9 Å². The van der Waals surface area contributed by atoms with Crippen molar-refractivity contribution in [2.24, 2.45) is 5.73 Å². The fraction of sp³-hybridized carbons (Fsp3) is 0.444. The Balaban J connectivity index is 1.68. The Morgan fingerprint density at radius 3 is 3.04 bits per heavy atom. The Kier molecular flexibility index (Phi) is 5.33. The molecule has 2 aromatic rings. The van der Waals surface area contributed by atoms with E-state index in [0.29, 0.717) is 24.4 Å². The highest BCUT2D eigenvalue weighted by Crippen LogP contribution is 2.21. The first kappa shape index (κ1) is 17.4. The van der Waals surface area contributed by atoms with E-state index in [1.165, 1.54) is 0 Å². The SMILES string of the molecule is COc1ccc2ncc(OC(C)CN3CC[CH]CC3C(N)=O)nc2c1. The Labute approximate surface area is 147 Å². The zero-order valence-electron chi connectivity index (χ0n) is 14.5. The first-order valence-electron chi connectivity index (χ1n) is 8.39. The fourth-order valence-corrected chi connectivity index (χ4v) is 3.08. The molecule has 1 saturated heterocycles. The largest absolute Gasteiger partial charge is 0.497 e. The van der Waals surface area contributed by atoms with Crippen molar-refractivity contribution in [3.05, 3.63) is 30.8 Å². The highest BCUT2D eigenvalue weighted by molar-refractivity contribution is 5.80. The van der Waals surface area contributed by atoms with Crippen LogP contribution in [0.2, 0.25) is 0 Å². The molecule has 3 rings (SSSR count). The van der Waals surface area contributed by atoms with Crippen LogP contribution in [0.5, 0.6) is 11.6 Å². The molecule has 1 radical (unpaired) electrons. The van der Waals surface area contributed by atoms with E-state index in [1.807, 2.05) is 25.1 Å². The molecular weight excluding hydrogens is 320 g/mol. The van der Waals surface area contributed by atoms with Gasteiger partial charge in [-0.2, -0.15) is 0 Å². The highest BCUT2D eigenvalue weighted by atomic mass is 16.5. The number of amides is 1. The molecule has 1 aromatic heterocycles. The average molecular weight is 343 g/mol. The second-order valence-electron chi connectivity index (χ2n) is 6.22. The van der Waals surface area contributed by atoms with Crippen LogP contribution in [0.15, 0.2) is 24.4 Å². The smallest absolute Gasteiger partial charge is 0.234 e. The van der Waals surface area contributed by atoms with Crippen LogP contribution in [0.4, 0.5) is 0 Å². The number of fused-ring (bicyclic) bond motifs is 1. The molecule has 2 heterocycles. The first-order chi connectivity index (χ1) is 12.1. The number of primary amides is 1. The number of carbonyl (C=O) groups excluding carboxylic acids is 1. The predicted octanol–water partition coefficient (Wildman–Crippen LogP) is 1.56. The third-order valence-electron chi connectivity index (χ3n) is 4.32. The Bertz CT molecular complexity index is 752. The quantitative estimate of drug-likeness (QED) is 0.856. The minimum absolute atomic E-state index is 0.141. The third kappa shape index (κ3) is 4.17. The number of ether oxygens (including phenoxy) is 2. The van der Waals surface area contributed by atoms with Gasteiger partial charge >= 0.3 is 0 Å². The Hall–Kier alpha value is -2.41. The van der Waals surface area contributed by atoms with Crippen molar-refractivity contribution in [3.8, 4) is 11.6 Å². The molecule has 0 saturated carbocycles. The van der Waals surface area contributed by atoms with Crippen LogP contribution in [0.25, 0.3) is 11.0 Å². The Morgan fingerprint density at radius 2 is 2.28 bits per heavy atom. The maximum atomic E-state index is 11.6. The van der Waals surface area contributed by atoms with Crippen molar-refractivity contribution in [2.75, 3.05) is 20.2 Å². The van der Waals surface area contributed by atoms with Gasteiger partial charge in [-0.3, -0.25) is 9.69 Å². The highest BCUT2D eigenvalue weighted by Gasteiger charge is 2.28. The van der Waals surface area contributed by atoms with E-state index in [-0.39, 0.29) is 18.1 Å². The van der Waals surface area contributed by atoms with Crippen molar-refractivity contribution in [1.29, 1.82) is 0 Å². The molecule has 2 unspecified atom stereocenters. The topological polar surface area (TPSA) is 90.6 Å². The number of likely N-dealkylation sites (tertiary alicyclic amines) is 1. The van der Waals surface area contributed by atoms with Crippen LogP contribution in [0.3, 0.4) is 0 Å². The summed E-state index contributed by atoms with van der Waals surface area (Å²) in [7, 11) is 1.61. The first-order valence-corrected chi connectivity index (χ1v) is 8.39. The lowest BCUT2D eigenvalue weighted by atomic mass is 10.0. The molecule has 1 aromatic carbocycles. The molecule has 1 amide bonds. The molecule has 1 fully saturated rings. The summed E-state index contributed by atoms with van der Waals surface area (Å²) in [5.41, 5.74) is 6.99. The lowest BCUT2D eigenvalue weighted by Gasteiger charge is -2.34. The van der Waals surface area contributed by atoms with Crippen molar-refractivity contribution < 1.29 is 14.3 Å². The molecule has 2 atom stereocenters. The van der Waals surface area contributed by atoms with Gasteiger partial charge in [0.1, 0.15) is 11.9 Å². The van der Waals surface area contributed by atoms with Crippen LogP contribution in [0.1, 0.15) is 19.8 Å². The molecule has 133 valence electrons. The number of nitrogens with zero attached hydrogens (tertiary/aromatic N) is 3. The minimum atomic E-state index is -0.291. The number of aromatic nitrogens is 2. The van der Waals surface area contributed by atoms with Gasteiger partial charge < -0.3 is 15.2 Å². The summed E-state index contributed by atoms with van der Waals surface area (Å²) in [6.45, 7) is 3.37. The maximum Gasteiger partial charge on any atom is 0.234 e. The average Bonchev–Trinajstić information content (AvgIpc) is 2.61. The predicted molar refractivity (Wildman–Crippen MR) is 94.3 cm³/mol. The van der Waals surface area contributed by atoms with Crippen LogP contribution < -0.4 is 15.2 Å². The standard InChI is InChI=1S/C18H23N4O3/c1-12(11-22-8-4-3-5-16(22)18(19)23)25-17-10-20-14-7-6-13(24-2)9-15(14)21-17/h3,6-7,9-10,12,16H,4-5,8,11H2,1-2H3,(H2,19,23). The third-order valence-corrected chi connectivity index (χ3v) is 4.32. The van der Waals surface area contributed by atoms with E-state index in [2.05, 4.69) is 21.3 Å². The monoisotopic (exact) mass is 343 g/mol. The van der Waals surface area contributed by atoms with Gasteiger partial charge in [-0.25, -0.2) is 9.97 Å². The zero-order chi connectivity index (χ0) is 17.8.